The number of piperidine rings is 1. The molecule has 1 atom stereocenters. The summed E-state index contributed by atoms with van der Waals surface area (Å²) in [5.74, 6) is 0.752. The fourth-order valence-corrected chi connectivity index (χ4v) is 4.86. The average Bonchev–Trinajstić information content (AvgIpc) is 2.68. The Morgan fingerprint density at radius 1 is 1.27 bits per heavy atom. The van der Waals surface area contributed by atoms with E-state index < -0.39 is 10.0 Å². The Morgan fingerprint density at radius 2 is 2.04 bits per heavy atom. The molecule has 0 amide bonds. The van der Waals surface area contributed by atoms with E-state index in [1.54, 1.807) is 34.8 Å². The first-order chi connectivity index (χ1) is 12.5. The molecule has 7 heteroatoms. The molecule has 2 aromatic rings. The summed E-state index contributed by atoms with van der Waals surface area (Å²) < 4.78 is 33.0. The largest absolute Gasteiger partial charge is 0.377 e. The summed E-state index contributed by atoms with van der Waals surface area (Å²) in [6.45, 7) is 5.85. The molecule has 1 aliphatic rings. The molecule has 0 bridgehead atoms. The van der Waals surface area contributed by atoms with Gasteiger partial charge >= 0.3 is 0 Å². The summed E-state index contributed by atoms with van der Waals surface area (Å²) in [4.78, 5) is 9.25. The standard InChI is InChI=1S/C19H25N3O3S/c1-3-25-14-17-12-20-15(2)21-19(17)16-8-7-11-22(13-16)26(23,24)18-9-5-4-6-10-18/h4-6,9-10,12,16H,3,7-8,11,13-14H2,1-2H3. The Labute approximate surface area is 155 Å². The second kappa shape index (κ2) is 8.24. The van der Waals surface area contributed by atoms with Gasteiger partial charge in [-0.05, 0) is 38.8 Å². The summed E-state index contributed by atoms with van der Waals surface area (Å²) >= 11 is 0. The van der Waals surface area contributed by atoms with Crippen LogP contribution in [0.15, 0.2) is 41.4 Å². The van der Waals surface area contributed by atoms with E-state index in [0.717, 1.165) is 24.1 Å². The van der Waals surface area contributed by atoms with Crippen molar-refractivity contribution in [2.45, 2.75) is 44.1 Å². The minimum atomic E-state index is -3.48. The monoisotopic (exact) mass is 375 g/mol. The van der Waals surface area contributed by atoms with Crippen LogP contribution in [-0.2, 0) is 21.4 Å². The second-order valence-electron chi connectivity index (χ2n) is 6.48. The van der Waals surface area contributed by atoms with Crippen molar-refractivity contribution >= 4 is 10.0 Å². The molecule has 0 spiro atoms. The fraction of sp³-hybridized carbons (Fsp3) is 0.474. The van der Waals surface area contributed by atoms with Crippen molar-refractivity contribution in [3.8, 4) is 0 Å². The number of benzene rings is 1. The summed E-state index contributed by atoms with van der Waals surface area (Å²) in [5.41, 5.74) is 1.86. The molecule has 1 aromatic heterocycles. The molecule has 26 heavy (non-hydrogen) atoms. The van der Waals surface area contributed by atoms with E-state index in [1.807, 2.05) is 19.9 Å². The lowest BCUT2D eigenvalue weighted by Gasteiger charge is -2.32. The van der Waals surface area contributed by atoms with E-state index in [1.165, 1.54) is 0 Å². The molecule has 1 aromatic carbocycles. The Balaban J connectivity index is 1.86. The molecule has 3 rings (SSSR count). The summed E-state index contributed by atoms with van der Waals surface area (Å²) in [5, 5.41) is 0. The molecular weight excluding hydrogens is 350 g/mol. The van der Waals surface area contributed by atoms with Crippen molar-refractivity contribution in [2.24, 2.45) is 0 Å². The van der Waals surface area contributed by atoms with Gasteiger partial charge in [0, 0.05) is 37.4 Å². The SMILES string of the molecule is CCOCc1cnc(C)nc1C1CCCN(S(=O)(=O)c2ccccc2)C1. The number of aromatic nitrogens is 2. The van der Waals surface area contributed by atoms with Crippen molar-refractivity contribution in [1.82, 2.24) is 14.3 Å². The van der Waals surface area contributed by atoms with Gasteiger partial charge in [0.15, 0.2) is 0 Å². The van der Waals surface area contributed by atoms with Gasteiger partial charge in [-0.1, -0.05) is 18.2 Å². The van der Waals surface area contributed by atoms with Gasteiger partial charge in [0.25, 0.3) is 0 Å². The highest BCUT2D eigenvalue weighted by atomic mass is 32.2. The van der Waals surface area contributed by atoms with Crippen LogP contribution >= 0.6 is 0 Å². The Morgan fingerprint density at radius 3 is 2.77 bits per heavy atom. The molecule has 6 nitrogen and oxygen atoms in total. The molecular formula is C19H25N3O3S. The van der Waals surface area contributed by atoms with Crippen LogP contribution in [0.2, 0.25) is 0 Å². The van der Waals surface area contributed by atoms with E-state index in [2.05, 4.69) is 9.97 Å². The van der Waals surface area contributed by atoms with Crippen LogP contribution in [0.1, 0.15) is 42.8 Å². The van der Waals surface area contributed by atoms with Crippen LogP contribution in [0.5, 0.6) is 0 Å². The van der Waals surface area contributed by atoms with Gasteiger partial charge in [0.05, 0.1) is 17.2 Å². The summed E-state index contributed by atoms with van der Waals surface area (Å²) in [7, 11) is -3.48. The van der Waals surface area contributed by atoms with Crippen molar-refractivity contribution in [3.05, 3.63) is 53.6 Å². The highest BCUT2D eigenvalue weighted by Gasteiger charge is 2.32. The molecule has 2 heterocycles. The third kappa shape index (κ3) is 4.11. The second-order valence-corrected chi connectivity index (χ2v) is 8.42. The van der Waals surface area contributed by atoms with Crippen LogP contribution < -0.4 is 0 Å². The molecule has 1 aliphatic heterocycles. The van der Waals surface area contributed by atoms with Gasteiger partial charge in [0.1, 0.15) is 5.82 Å². The van der Waals surface area contributed by atoms with Gasteiger partial charge in [0.2, 0.25) is 10.0 Å². The zero-order valence-electron chi connectivity index (χ0n) is 15.3. The molecule has 0 saturated carbocycles. The van der Waals surface area contributed by atoms with E-state index >= 15 is 0 Å². The number of sulfonamides is 1. The fourth-order valence-electron chi connectivity index (χ4n) is 3.31. The van der Waals surface area contributed by atoms with Crippen LogP contribution in [0.25, 0.3) is 0 Å². The number of ether oxygens (including phenoxy) is 1. The van der Waals surface area contributed by atoms with Gasteiger partial charge in [-0.15, -0.1) is 0 Å². The third-order valence-electron chi connectivity index (χ3n) is 4.63. The molecule has 0 N–H and O–H groups in total. The molecule has 0 aliphatic carbocycles. The van der Waals surface area contributed by atoms with E-state index in [0.29, 0.717) is 37.0 Å². The lowest BCUT2D eigenvalue weighted by atomic mass is 9.93. The molecule has 1 unspecified atom stereocenters. The Bertz CT molecular complexity index is 840. The average molecular weight is 375 g/mol. The van der Waals surface area contributed by atoms with Crippen LogP contribution in [0, 0.1) is 6.92 Å². The quantitative estimate of drug-likeness (QED) is 0.776. The first-order valence-electron chi connectivity index (χ1n) is 8.97. The maximum Gasteiger partial charge on any atom is 0.243 e. The number of nitrogens with zero attached hydrogens (tertiary/aromatic N) is 3. The van der Waals surface area contributed by atoms with E-state index in [9.17, 15) is 8.42 Å². The van der Waals surface area contributed by atoms with Crippen molar-refractivity contribution in [3.63, 3.8) is 0 Å². The van der Waals surface area contributed by atoms with Crippen molar-refractivity contribution < 1.29 is 13.2 Å². The topological polar surface area (TPSA) is 72.4 Å². The highest BCUT2D eigenvalue weighted by molar-refractivity contribution is 7.89. The van der Waals surface area contributed by atoms with Gasteiger partial charge in [-0.2, -0.15) is 4.31 Å². The maximum absolute atomic E-state index is 13.0. The zero-order valence-corrected chi connectivity index (χ0v) is 16.1. The number of hydrogen-bond acceptors (Lipinski definition) is 5. The number of aryl methyl sites for hydroxylation is 1. The minimum absolute atomic E-state index is 0.0550. The predicted molar refractivity (Wildman–Crippen MR) is 99.3 cm³/mol. The predicted octanol–water partition coefficient (Wildman–Crippen LogP) is 2.89. The normalized spacial score (nSPS) is 18.8. The molecule has 140 valence electrons. The van der Waals surface area contributed by atoms with Crippen molar-refractivity contribution in [1.29, 1.82) is 0 Å². The van der Waals surface area contributed by atoms with Gasteiger partial charge in [-0.3, -0.25) is 0 Å². The number of hydrogen-bond donors (Lipinski definition) is 0. The van der Waals surface area contributed by atoms with Crippen LogP contribution in [0.3, 0.4) is 0 Å². The van der Waals surface area contributed by atoms with Gasteiger partial charge in [-0.25, -0.2) is 18.4 Å². The van der Waals surface area contributed by atoms with E-state index in [-0.39, 0.29) is 5.92 Å². The molecule has 1 fully saturated rings. The highest BCUT2D eigenvalue weighted by Crippen LogP contribution is 2.31. The number of rotatable bonds is 6. The Kier molecular flexibility index (Phi) is 6.01. The van der Waals surface area contributed by atoms with Crippen molar-refractivity contribution in [2.75, 3.05) is 19.7 Å². The summed E-state index contributed by atoms with van der Waals surface area (Å²) in [6, 6.07) is 8.62. The molecule has 0 radical (unpaired) electrons. The summed E-state index contributed by atoms with van der Waals surface area (Å²) in [6.07, 6.45) is 3.53. The van der Waals surface area contributed by atoms with E-state index in [4.69, 9.17) is 4.74 Å². The first-order valence-corrected chi connectivity index (χ1v) is 10.4. The van der Waals surface area contributed by atoms with Gasteiger partial charge < -0.3 is 4.74 Å². The maximum atomic E-state index is 13.0. The van der Waals surface area contributed by atoms with Crippen LogP contribution in [0.4, 0.5) is 0 Å². The third-order valence-corrected chi connectivity index (χ3v) is 6.51. The van der Waals surface area contributed by atoms with Crippen LogP contribution in [-0.4, -0.2) is 42.4 Å². The Hall–Kier alpha value is -1.83. The first kappa shape index (κ1) is 18.9. The lowest BCUT2D eigenvalue weighted by Crippen LogP contribution is -2.39. The smallest absolute Gasteiger partial charge is 0.243 e. The minimum Gasteiger partial charge on any atom is -0.377 e. The zero-order chi connectivity index (χ0) is 18.6. The molecule has 1 saturated heterocycles. The lowest BCUT2D eigenvalue weighted by molar-refractivity contribution is 0.132.